The normalized spacial score (nSPS) is 18.6. The number of hydrogen-bond donors (Lipinski definition) is 1. The van der Waals surface area contributed by atoms with Crippen molar-refractivity contribution < 1.29 is 0 Å². The first-order valence-electron chi connectivity index (χ1n) is 6.64. The number of nitrogens with zero attached hydrogens (tertiary/aromatic N) is 2. The lowest BCUT2D eigenvalue weighted by atomic mass is 9.94. The van der Waals surface area contributed by atoms with Crippen LogP contribution in [0, 0.1) is 6.92 Å². The molecule has 102 valence electrons. The Bertz CT molecular complexity index is 588. The third kappa shape index (κ3) is 2.57. The van der Waals surface area contributed by atoms with Gasteiger partial charge in [0.1, 0.15) is 0 Å². The van der Waals surface area contributed by atoms with Gasteiger partial charge in [0.15, 0.2) is 0 Å². The van der Waals surface area contributed by atoms with E-state index in [2.05, 4.69) is 23.4 Å². The molecule has 5 heteroatoms. The average molecular weight is 296 g/mol. The summed E-state index contributed by atoms with van der Waals surface area (Å²) in [5.41, 5.74) is 3.91. The summed E-state index contributed by atoms with van der Waals surface area (Å²) in [6.45, 7) is 2.98. The number of aryl methyl sites for hydroxylation is 2. The Balaban J connectivity index is 1.73. The quantitative estimate of drug-likeness (QED) is 0.937. The maximum absolute atomic E-state index is 6.14. The summed E-state index contributed by atoms with van der Waals surface area (Å²) in [5.74, 6) is 0. The molecule has 19 heavy (non-hydrogen) atoms. The third-order valence-corrected chi connectivity index (χ3v) is 5.30. The molecule has 1 unspecified atom stereocenters. The zero-order valence-corrected chi connectivity index (χ0v) is 12.8. The minimum absolute atomic E-state index is 0.437. The number of halogens is 1. The van der Waals surface area contributed by atoms with E-state index in [1.54, 1.807) is 11.3 Å². The number of rotatable bonds is 3. The summed E-state index contributed by atoms with van der Waals surface area (Å²) in [6, 6.07) is 2.57. The first kappa shape index (κ1) is 13.2. The lowest BCUT2D eigenvalue weighted by Crippen LogP contribution is -2.24. The zero-order valence-electron chi connectivity index (χ0n) is 11.2. The van der Waals surface area contributed by atoms with Crippen LogP contribution in [-0.4, -0.2) is 9.78 Å². The van der Waals surface area contributed by atoms with Crippen LogP contribution >= 0.6 is 22.9 Å². The molecule has 1 atom stereocenters. The van der Waals surface area contributed by atoms with Gasteiger partial charge in [-0.15, -0.1) is 11.3 Å². The highest BCUT2D eigenvalue weighted by atomic mass is 35.5. The number of aromatic nitrogens is 2. The van der Waals surface area contributed by atoms with Crippen LogP contribution in [0.4, 0.5) is 0 Å². The zero-order chi connectivity index (χ0) is 13.4. The van der Waals surface area contributed by atoms with Crippen molar-refractivity contribution in [3.05, 3.63) is 38.3 Å². The minimum Gasteiger partial charge on any atom is -0.306 e. The van der Waals surface area contributed by atoms with E-state index in [-0.39, 0.29) is 0 Å². The van der Waals surface area contributed by atoms with E-state index in [0.29, 0.717) is 6.04 Å². The summed E-state index contributed by atoms with van der Waals surface area (Å²) < 4.78 is 2.83. The van der Waals surface area contributed by atoms with Gasteiger partial charge in [-0.1, -0.05) is 11.6 Å². The predicted molar refractivity (Wildman–Crippen MR) is 79.8 cm³/mol. The second kappa shape index (κ2) is 5.27. The Labute approximate surface area is 122 Å². The smallest absolute Gasteiger partial charge is 0.0934 e. The van der Waals surface area contributed by atoms with E-state index < -0.39 is 0 Å². The van der Waals surface area contributed by atoms with Gasteiger partial charge in [-0.05, 0) is 37.8 Å². The Kier molecular flexibility index (Phi) is 3.65. The Morgan fingerprint density at radius 1 is 1.58 bits per heavy atom. The molecule has 0 saturated heterocycles. The van der Waals surface area contributed by atoms with E-state index in [1.807, 2.05) is 17.9 Å². The third-order valence-electron chi connectivity index (χ3n) is 3.96. The van der Waals surface area contributed by atoms with Crippen LogP contribution in [0.15, 0.2) is 12.3 Å². The van der Waals surface area contributed by atoms with Crippen LogP contribution in [0.5, 0.6) is 0 Å². The van der Waals surface area contributed by atoms with Crippen LogP contribution < -0.4 is 5.32 Å². The van der Waals surface area contributed by atoms with Gasteiger partial charge in [-0.2, -0.15) is 5.10 Å². The average Bonchev–Trinajstić information content (AvgIpc) is 2.91. The minimum atomic E-state index is 0.437. The second-order valence-corrected chi connectivity index (χ2v) is 6.90. The largest absolute Gasteiger partial charge is 0.306 e. The van der Waals surface area contributed by atoms with Crippen molar-refractivity contribution in [3.63, 3.8) is 0 Å². The van der Waals surface area contributed by atoms with Crippen LogP contribution in [0.2, 0.25) is 4.34 Å². The van der Waals surface area contributed by atoms with Gasteiger partial charge in [0.2, 0.25) is 0 Å². The Hall–Kier alpha value is -0.840. The topological polar surface area (TPSA) is 29.9 Å². The van der Waals surface area contributed by atoms with Crippen molar-refractivity contribution in [2.45, 2.75) is 38.8 Å². The van der Waals surface area contributed by atoms with Crippen LogP contribution in [0.25, 0.3) is 0 Å². The molecule has 1 N–H and O–H groups in total. The molecule has 0 saturated carbocycles. The first-order valence-corrected chi connectivity index (χ1v) is 7.83. The molecule has 0 aromatic carbocycles. The van der Waals surface area contributed by atoms with Gasteiger partial charge in [0.05, 0.1) is 10.5 Å². The van der Waals surface area contributed by atoms with Crippen molar-refractivity contribution in [2.24, 2.45) is 7.05 Å². The molecule has 0 spiro atoms. The fourth-order valence-corrected chi connectivity index (χ4v) is 4.07. The first-order chi connectivity index (χ1) is 9.15. The summed E-state index contributed by atoms with van der Waals surface area (Å²) in [6.07, 6.45) is 5.57. The van der Waals surface area contributed by atoms with Gasteiger partial charge in [0.25, 0.3) is 0 Å². The molecular weight excluding hydrogens is 278 g/mol. The highest BCUT2D eigenvalue weighted by molar-refractivity contribution is 7.16. The van der Waals surface area contributed by atoms with Gasteiger partial charge >= 0.3 is 0 Å². The number of fused-ring (bicyclic) bond motifs is 1. The highest BCUT2D eigenvalue weighted by Gasteiger charge is 2.22. The van der Waals surface area contributed by atoms with E-state index in [9.17, 15) is 0 Å². The van der Waals surface area contributed by atoms with Crippen molar-refractivity contribution >= 4 is 22.9 Å². The van der Waals surface area contributed by atoms with Crippen LogP contribution in [0.1, 0.15) is 40.6 Å². The molecule has 3 rings (SSSR count). The number of nitrogens with one attached hydrogen (secondary N) is 1. The number of hydrogen-bond acceptors (Lipinski definition) is 3. The molecule has 1 aliphatic rings. The van der Waals surface area contributed by atoms with Gasteiger partial charge in [-0.25, -0.2) is 0 Å². The molecular formula is C14H18ClN3S. The lowest BCUT2D eigenvalue weighted by molar-refractivity contribution is 0.462. The monoisotopic (exact) mass is 295 g/mol. The fraction of sp³-hybridized carbons (Fsp3) is 0.500. The van der Waals surface area contributed by atoms with E-state index in [0.717, 1.165) is 10.9 Å². The lowest BCUT2D eigenvalue weighted by Gasteiger charge is -2.23. The fourth-order valence-electron chi connectivity index (χ4n) is 2.68. The van der Waals surface area contributed by atoms with E-state index in [4.69, 9.17) is 11.6 Å². The summed E-state index contributed by atoms with van der Waals surface area (Å²) in [7, 11) is 1.98. The summed E-state index contributed by atoms with van der Waals surface area (Å²) >= 11 is 7.87. The molecule has 0 aliphatic heterocycles. The highest BCUT2D eigenvalue weighted by Crippen LogP contribution is 2.37. The second-order valence-electron chi connectivity index (χ2n) is 5.13. The summed E-state index contributed by atoms with van der Waals surface area (Å²) in [4.78, 5) is 1.46. The molecule has 3 nitrogen and oxygen atoms in total. The maximum Gasteiger partial charge on any atom is 0.0934 e. The maximum atomic E-state index is 6.14. The molecule has 2 aromatic rings. The van der Waals surface area contributed by atoms with Crippen LogP contribution in [0.3, 0.4) is 0 Å². The Morgan fingerprint density at radius 2 is 2.42 bits per heavy atom. The molecule has 0 radical (unpaired) electrons. The van der Waals surface area contributed by atoms with Gasteiger partial charge < -0.3 is 5.32 Å². The van der Waals surface area contributed by atoms with Gasteiger partial charge in [0, 0.05) is 35.8 Å². The molecule has 2 heterocycles. The number of thiophene rings is 1. The van der Waals surface area contributed by atoms with Crippen molar-refractivity contribution in [1.82, 2.24) is 15.1 Å². The Morgan fingerprint density at radius 3 is 3.16 bits per heavy atom. The molecule has 0 bridgehead atoms. The predicted octanol–water partition coefficient (Wildman–Crippen LogP) is 3.61. The van der Waals surface area contributed by atoms with Crippen molar-refractivity contribution in [1.29, 1.82) is 0 Å². The molecule has 0 fully saturated rings. The van der Waals surface area contributed by atoms with Crippen molar-refractivity contribution in [3.8, 4) is 0 Å². The van der Waals surface area contributed by atoms with Gasteiger partial charge in [-0.3, -0.25) is 4.68 Å². The molecule has 1 aliphatic carbocycles. The standard InChI is InChI=1S/C14H18ClN3S/c1-9-10(8-17-18(9)2)7-16-12-4-3-5-13-11(12)6-14(15)19-13/h6,8,12,16H,3-5,7H2,1-2H3. The van der Waals surface area contributed by atoms with Crippen molar-refractivity contribution in [2.75, 3.05) is 0 Å². The van der Waals surface area contributed by atoms with E-state index in [1.165, 1.54) is 41.0 Å². The van der Waals surface area contributed by atoms with E-state index >= 15 is 0 Å². The molecule has 0 amide bonds. The van der Waals surface area contributed by atoms with Crippen LogP contribution in [-0.2, 0) is 20.0 Å². The molecule has 2 aromatic heterocycles. The SMILES string of the molecule is Cc1c(CNC2CCCc3sc(Cl)cc32)cnn1C. The summed E-state index contributed by atoms with van der Waals surface area (Å²) in [5, 5.41) is 7.94.